The van der Waals surface area contributed by atoms with Crippen molar-refractivity contribution in [2.24, 2.45) is 0 Å². The summed E-state index contributed by atoms with van der Waals surface area (Å²) >= 11 is 0. The van der Waals surface area contributed by atoms with Crippen LogP contribution in [0, 0.1) is 0 Å². The van der Waals surface area contributed by atoms with E-state index in [2.05, 4.69) is 20.7 Å². The fourth-order valence-corrected chi connectivity index (χ4v) is 1.91. The Morgan fingerprint density at radius 3 is 2.79 bits per heavy atom. The molecule has 5 heteroatoms. The van der Waals surface area contributed by atoms with Gasteiger partial charge < -0.3 is 10.1 Å². The van der Waals surface area contributed by atoms with Crippen molar-refractivity contribution in [3.63, 3.8) is 0 Å². The van der Waals surface area contributed by atoms with Crippen molar-refractivity contribution in [3.05, 3.63) is 36.0 Å². The first-order valence-electron chi connectivity index (χ1n) is 6.56. The van der Waals surface area contributed by atoms with Crippen molar-refractivity contribution >= 4 is 0 Å². The molecule has 0 saturated carbocycles. The summed E-state index contributed by atoms with van der Waals surface area (Å²) < 4.78 is 5.02. The van der Waals surface area contributed by atoms with E-state index in [9.17, 15) is 0 Å². The van der Waals surface area contributed by atoms with Crippen molar-refractivity contribution < 1.29 is 4.74 Å². The molecule has 0 saturated heterocycles. The first kappa shape index (κ1) is 13.7. The molecule has 0 bridgehead atoms. The Morgan fingerprint density at radius 2 is 2.00 bits per heavy atom. The van der Waals surface area contributed by atoms with Crippen LogP contribution in [0.2, 0.25) is 0 Å². The van der Waals surface area contributed by atoms with Crippen LogP contribution in [0.5, 0.6) is 0 Å². The smallest absolute Gasteiger partial charge is 0.117 e. The number of aromatic amines is 1. The lowest BCUT2D eigenvalue weighted by atomic mass is 10.1. The molecule has 2 aromatic rings. The van der Waals surface area contributed by atoms with Crippen LogP contribution < -0.4 is 5.32 Å². The van der Waals surface area contributed by atoms with Gasteiger partial charge in [0.2, 0.25) is 0 Å². The Balaban J connectivity index is 1.83. The van der Waals surface area contributed by atoms with Gasteiger partial charge in [0, 0.05) is 25.8 Å². The molecule has 0 aliphatic heterocycles. The normalized spacial score (nSPS) is 10.8. The zero-order chi connectivity index (χ0) is 13.3. The Hall–Kier alpha value is -1.72. The van der Waals surface area contributed by atoms with E-state index in [0.29, 0.717) is 0 Å². The maximum Gasteiger partial charge on any atom is 0.117 e. The lowest BCUT2D eigenvalue weighted by Gasteiger charge is -2.04. The Bertz CT molecular complexity index is 469. The highest BCUT2D eigenvalue weighted by Crippen LogP contribution is 2.18. The van der Waals surface area contributed by atoms with E-state index < -0.39 is 0 Å². The van der Waals surface area contributed by atoms with Crippen molar-refractivity contribution in [1.29, 1.82) is 0 Å². The van der Waals surface area contributed by atoms with Gasteiger partial charge in [0.25, 0.3) is 0 Å². The maximum absolute atomic E-state index is 5.02. The van der Waals surface area contributed by atoms with Gasteiger partial charge in [-0.1, -0.05) is 30.3 Å². The molecule has 19 heavy (non-hydrogen) atoms. The number of nitrogens with zero attached hydrogens (tertiary/aromatic N) is 2. The number of H-pyrrole nitrogens is 1. The zero-order valence-electron chi connectivity index (χ0n) is 11.2. The molecule has 5 nitrogen and oxygen atoms in total. The molecule has 1 aromatic heterocycles. The zero-order valence-corrected chi connectivity index (χ0v) is 11.2. The van der Waals surface area contributed by atoms with Gasteiger partial charge in [-0.05, 0) is 19.4 Å². The van der Waals surface area contributed by atoms with Crippen LogP contribution >= 0.6 is 0 Å². The van der Waals surface area contributed by atoms with E-state index in [4.69, 9.17) is 4.74 Å². The van der Waals surface area contributed by atoms with Crippen LogP contribution in [-0.2, 0) is 11.3 Å². The van der Waals surface area contributed by atoms with E-state index in [1.807, 2.05) is 30.3 Å². The molecule has 102 valence electrons. The molecule has 0 radical (unpaired) electrons. The Kier molecular flexibility index (Phi) is 5.52. The van der Waals surface area contributed by atoms with Crippen molar-refractivity contribution in [2.45, 2.75) is 19.4 Å². The van der Waals surface area contributed by atoms with E-state index >= 15 is 0 Å². The fourth-order valence-electron chi connectivity index (χ4n) is 1.91. The van der Waals surface area contributed by atoms with E-state index in [0.717, 1.165) is 49.5 Å². The Labute approximate surface area is 113 Å². The number of rotatable bonds is 8. The first-order valence-corrected chi connectivity index (χ1v) is 6.56. The summed E-state index contributed by atoms with van der Waals surface area (Å²) in [7, 11) is 1.73. The van der Waals surface area contributed by atoms with Crippen molar-refractivity contribution in [2.75, 3.05) is 20.3 Å². The molecule has 0 atom stereocenters. The summed E-state index contributed by atoms with van der Waals surface area (Å²) in [6.07, 6.45) is 2.18. The number of benzene rings is 1. The summed E-state index contributed by atoms with van der Waals surface area (Å²) in [5, 5.41) is 14.5. The van der Waals surface area contributed by atoms with Crippen LogP contribution in [-0.4, -0.2) is 35.7 Å². The number of methoxy groups -OCH3 is 1. The minimum absolute atomic E-state index is 0.730. The molecule has 1 heterocycles. The molecule has 0 spiro atoms. The van der Waals surface area contributed by atoms with Crippen LogP contribution in [0.15, 0.2) is 30.3 Å². The summed E-state index contributed by atoms with van der Waals surface area (Å²) in [4.78, 5) is 0. The van der Waals surface area contributed by atoms with Gasteiger partial charge in [0.05, 0.1) is 0 Å². The second-order valence-corrected chi connectivity index (χ2v) is 4.36. The summed E-state index contributed by atoms with van der Waals surface area (Å²) in [5.74, 6) is 0. The van der Waals surface area contributed by atoms with Gasteiger partial charge in [-0.3, -0.25) is 0 Å². The second kappa shape index (κ2) is 7.66. The third kappa shape index (κ3) is 4.15. The average molecular weight is 260 g/mol. The predicted molar refractivity (Wildman–Crippen MR) is 74.6 cm³/mol. The molecule has 2 N–H and O–H groups in total. The molecule has 0 aliphatic carbocycles. The SMILES string of the molecule is COCCCCNCc1n[nH]nc1-c1ccccc1. The third-order valence-electron chi connectivity index (χ3n) is 2.91. The number of ether oxygens (including phenoxy) is 1. The lowest BCUT2D eigenvalue weighted by Crippen LogP contribution is -2.16. The quantitative estimate of drug-likeness (QED) is 0.712. The molecule has 0 unspecified atom stereocenters. The van der Waals surface area contributed by atoms with E-state index in [1.165, 1.54) is 0 Å². The number of hydrogen-bond donors (Lipinski definition) is 2. The Morgan fingerprint density at radius 1 is 1.16 bits per heavy atom. The molecule has 0 amide bonds. The topological polar surface area (TPSA) is 62.8 Å². The molecule has 2 rings (SSSR count). The van der Waals surface area contributed by atoms with E-state index in [1.54, 1.807) is 7.11 Å². The number of aromatic nitrogens is 3. The summed E-state index contributed by atoms with van der Waals surface area (Å²) in [6, 6.07) is 10.1. The molecular formula is C14H20N4O. The highest BCUT2D eigenvalue weighted by atomic mass is 16.5. The van der Waals surface area contributed by atoms with Gasteiger partial charge in [0.15, 0.2) is 0 Å². The number of hydrogen-bond acceptors (Lipinski definition) is 4. The van der Waals surface area contributed by atoms with Crippen molar-refractivity contribution in [3.8, 4) is 11.3 Å². The standard InChI is InChI=1S/C14H20N4O/c1-19-10-6-5-9-15-11-13-14(17-18-16-13)12-7-3-2-4-8-12/h2-4,7-8,15H,5-6,9-11H2,1H3,(H,16,17,18). The highest BCUT2D eigenvalue weighted by Gasteiger charge is 2.08. The van der Waals surface area contributed by atoms with Crippen LogP contribution in [0.25, 0.3) is 11.3 Å². The molecule has 1 aromatic carbocycles. The van der Waals surface area contributed by atoms with Crippen LogP contribution in [0.1, 0.15) is 18.5 Å². The van der Waals surface area contributed by atoms with Gasteiger partial charge >= 0.3 is 0 Å². The first-order chi connectivity index (χ1) is 9.42. The number of nitrogens with one attached hydrogen (secondary N) is 2. The maximum atomic E-state index is 5.02. The number of unbranched alkanes of at least 4 members (excludes halogenated alkanes) is 1. The third-order valence-corrected chi connectivity index (χ3v) is 2.91. The lowest BCUT2D eigenvalue weighted by molar-refractivity contribution is 0.192. The average Bonchev–Trinajstić information content (AvgIpc) is 2.92. The largest absolute Gasteiger partial charge is 0.385 e. The minimum Gasteiger partial charge on any atom is -0.385 e. The van der Waals surface area contributed by atoms with Gasteiger partial charge in [-0.15, -0.1) is 0 Å². The molecule has 0 aliphatic rings. The minimum atomic E-state index is 0.730. The van der Waals surface area contributed by atoms with Gasteiger partial charge in [-0.2, -0.15) is 15.4 Å². The molecular weight excluding hydrogens is 240 g/mol. The second-order valence-electron chi connectivity index (χ2n) is 4.36. The van der Waals surface area contributed by atoms with Gasteiger partial charge in [0.1, 0.15) is 11.4 Å². The fraction of sp³-hybridized carbons (Fsp3) is 0.429. The van der Waals surface area contributed by atoms with Gasteiger partial charge in [-0.25, -0.2) is 0 Å². The van der Waals surface area contributed by atoms with Crippen molar-refractivity contribution in [1.82, 2.24) is 20.7 Å². The monoisotopic (exact) mass is 260 g/mol. The van der Waals surface area contributed by atoms with Crippen LogP contribution in [0.3, 0.4) is 0 Å². The highest BCUT2D eigenvalue weighted by molar-refractivity contribution is 5.60. The summed E-state index contributed by atoms with van der Waals surface area (Å²) in [6.45, 7) is 2.51. The van der Waals surface area contributed by atoms with Crippen LogP contribution in [0.4, 0.5) is 0 Å². The predicted octanol–water partition coefficient (Wildman–Crippen LogP) is 1.99. The van der Waals surface area contributed by atoms with E-state index in [-0.39, 0.29) is 0 Å². The molecule has 0 fully saturated rings. The summed E-state index contributed by atoms with van der Waals surface area (Å²) in [5.41, 5.74) is 2.97.